The molecule has 114 valence electrons. The van der Waals surface area contributed by atoms with E-state index in [0.29, 0.717) is 18.7 Å². The standard InChI is InChI=1S/C15H21N3O2S/c1-15(2,3)20-14(19)18-7-5-4-6-17-10-13-8-12(9-16)11-21-13/h4-5,8,11,17H,6-7,10H2,1-3H3,(H,18,19)/b5-4+. The van der Waals surface area contributed by atoms with Gasteiger partial charge in [-0.15, -0.1) is 11.3 Å². The van der Waals surface area contributed by atoms with Crippen molar-refractivity contribution in [3.05, 3.63) is 34.0 Å². The SMILES string of the molecule is CC(C)(C)OC(=O)NC/C=C/CNCc1cc(C#N)cs1. The fraction of sp³-hybridized carbons (Fsp3) is 0.467. The van der Waals surface area contributed by atoms with Gasteiger partial charge >= 0.3 is 6.09 Å². The van der Waals surface area contributed by atoms with E-state index in [-0.39, 0.29) is 0 Å². The third-order valence-electron chi connectivity index (χ3n) is 2.27. The zero-order valence-corrected chi connectivity index (χ0v) is 13.4. The van der Waals surface area contributed by atoms with Crippen molar-refractivity contribution >= 4 is 17.4 Å². The van der Waals surface area contributed by atoms with Gasteiger partial charge in [-0.1, -0.05) is 12.2 Å². The molecule has 0 radical (unpaired) electrons. The molecule has 0 unspecified atom stereocenters. The van der Waals surface area contributed by atoms with Gasteiger partial charge in [-0.05, 0) is 26.8 Å². The molecule has 0 fully saturated rings. The molecule has 1 aromatic heterocycles. The third-order valence-corrected chi connectivity index (χ3v) is 3.21. The third kappa shape index (κ3) is 8.12. The van der Waals surface area contributed by atoms with Crippen LogP contribution in [0.3, 0.4) is 0 Å². The molecular weight excluding hydrogens is 286 g/mol. The van der Waals surface area contributed by atoms with E-state index in [9.17, 15) is 4.79 Å². The van der Waals surface area contributed by atoms with Crippen LogP contribution >= 0.6 is 11.3 Å². The Morgan fingerprint density at radius 2 is 2.14 bits per heavy atom. The highest BCUT2D eigenvalue weighted by molar-refractivity contribution is 7.10. The van der Waals surface area contributed by atoms with Gasteiger partial charge in [-0.2, -0.15) is 5.26 Å². The molecule has 0 aliphatic rings. The van der Waals surface area contributed by atoms with Gasteiger partial charge in [-0.25, -0.2) is 4.79 Å². The van der Waals surface area contributed by atoms with Crippen molar-refractivity contribution in [2.45, 2.75) is 32.9 Å². The Morgan fingerprint density at radius 1 is 1.43 bits per heavy atom. The van der Waals surface area contributed by atoms with Gasteiger partial charge in [0.25, 0.3) is 0 Å². The number of ether oxygens (including phenoxy) is 1. The topological polar surface area (TPSA) is 74.2 Å². The molecule has 0 saturated carbocycles. The number of nitrogens with zero attached hydrogens (tertiary/aromatic N) is 1. The average molecular weight is 307 g/mol. The van der Waals surface area contributed by atoms with Gasteiger partial charge in [-0.3, -0.25) is 0 Å². The summed E-state index contributed by atoms with van der Waals surface area (Å²) in [4.78, 5) is 12.5. The van der Waals surface area contributed by atoms with Gasteiger partial charge in [0.2, 0.25) is 0 Å². The molecule has 1 amide bonds. The molecule has 0 aliphatic heterocycles. The fourth-order valence-electron chi connectivity index (χ4n) is 1.43. The second-order valence-corrected chi connectivity index (χ2v) is 6.39. The monoisotopic (exact) mass is 307 g/mol. The van der Waals surface area contributed by atoms with Crippen molar-refractivity contribution in [2.75, 3.05) is 13.1 Å². The lowest BCUT2D eigenvalue weighted by atomic mass is 10.2. The van der Waals surface area contributed by atoms with E-state index in [1.54, 1.807) is 11.3 Å². The van der Waals surface area contributed by atoms with Crippen molar-refractivity contribution in [2.24, 2.45) is 0 Å². The van der Waals surface area contributed by atoms with Crippen molar-refractivity contribution in [1.82, 2.24) is 10.6 Å². The van der Waals surface area contributed by atoms with Gasteiger partial charge in [0.1, 0.15) is 11.7 Å². The highest BCUT2D eigenvalue weighted by Gasteiger charge is 2.14. The van der Waals surface area contributed by atoms with Crippen molar-refractivity contribution in [3.8, 4) is 6.07 Å². The Labute approximate surface area is 129 Å². The maximum absolute atomic E-state index is 11.4. The fourth-order valence-corrected chi connectivity index (χ4v) is 2.21. The van der Waals surface area contributed by atoms with Crippen molar-refractivity contribution in [1.29, 1.82) is 5.26 Å². The summed E-state index contributed by atoms with van der Waals surface area (Å²) in [5.74, 6) is 0. The first-order valence-electron chi connectivity index (χ1n) is 6.71. The highest BCUT2D eigenvalue weighted by atomic mass is 32.1. The summed E-state index contributed by atoms with van der Waals surface area (Å²) >= 11 is 1.57. The molecule has 0 spiro atoms. The van der Waals surface area contributed by atoms with Gasteiger partial charge < -0.3 is 15.4 Å². The minimum atomic E-state index is -0.474. The minimum absolute atomic E-state index is 0.414. The smallest absolute Gasteiger partial charge is 0.407 e. The highest BCUT2D eigenvalue weighted by Crippen LogP contribution is 2.13. The normalized spacial score (nSPS) is 11.3. The first-order chi connectivity index (χ1) is 9.90. The summed E-state index contributed by atoms with van der Waals surface area (Å²) in [5, 5.41) is 16.4. The van der Waals surface area contributed by atoms with Gasteiger partial charge in [0, 0.05) is 29.9 Å². The first kappa shape index (κ1) is 17.2. The van der Waals surface area contributed by atoms with Crippen molar-refractivity contribution < 1.29 is 9.53 Å². The van der Waals surface area contributed by atoms with Crippen LogP contribution in [-0.2, 0) is 11.3 Å². The number of nitriles is 1. The van der Waals surface area contributed by atoms with Crippen LogP contribution in [0.2, 0.25) is 0 Å². The Balaban J connectivity index is 2.10. The quantitative estimate of drug-likeness (QED) is 0.626. The molecule has 0 aromatic carbocycles. The number of alkyl carbamates (subject to hydrolysis) is 1. The van der Waals surface area contributed by atoms with Crippen LogP contribution in [0.25, 0.3) is 0 Å². The number of hydrogen-bond donors (Lipinski definition) is 2. The molecule has 1 aromatic rings. The molecule has 0 bridgehead atoms. The largest absolute Gasteiger partial charge is 0.444 e. The van der Waals surface area contributed by atoms with Gasteiger partial charge in [0.15, 0.2) is 0 Å². The molecule has 2 N–H and O–H groups in total. The Bertz CT molecular complexity index is 524. The molecule has 1 heterocycles. The van der Waals surface area contributed by atoms with Crippen LogP contribution in [0.1, 0.15) is 31.2 Å². The number of carbonyl (C=O) groups is 1. The van der Waals surface area contributed by atoms with Crippen LogP contribution in [0, 0.1) is 11.3 Å². The predicted octanol–water partition coefficient (Wildman–Crippen LogP) is 2.79. The lowest BCUT2D eigenvalue weighted by Gasteiger charge is -2.19. The number of hydrogen-bond acceptors (Lipinski definition) is 5. The maximum atomic E-state index is 11.4. The molecule has 6 heteroatoms. The van der Waals surface area contributed by atoms with E-state index in [0.717, 1.165) is 11.4 Å². The lowest BCUT2D eigenvalue weighted by Crippen LogP contribution is -2.32. The predicted molar refractivity (Wildman–Crippen MR) is 84.1 cm³/mol. The van der Waals surface area contributed by atoms with Gasteiger partial charge in [0.05, 0.1) is 5.56 Å². The summed E-state index contributed by atoms with van der Waals surface area (Å²) in [6.07, 6.45) is 3.39. The van der Waals surface area contributed by atoms with Crippen LogP contribution in [-0.4, -0.2) is 24.8 Å². The molecular formula is C15H21N3O2S. The zero-order valence-electron chi connectivity index (χ0n) is 12.6. The Kier molecular flexibility index (Phi) is 6.92. The lowest BCUT2D eigenvalue weighted by molar-refractivity contribution is 0.0534. The van der Waals surface area contributed by atoms with E-state index in [1.807, 2.05) is 44.4 Å². The van der Waals surface area contributed by atoms with E-state index >= 15 is 0 Å². The number of rotatable bonds is 6. The van der Waals surface area contributed by atoms with Crippen LogP contribution in [0.5, 0.6) is 0 Å². The Hall–Kier alpha value is -1.84. The summed E-state index contributed by atoms with van der Waals surface area (Å²) in [5.41, 5.74) is 0.229. The van der Waals surface area contributed by atoms with E-state index < -0.39 is 11.7 Å². The molecule has 0 atom stereocenters. The molecule has 21 heavy (non-hydrogen) atoms. The molecule has 1 rings (SSSR count). The Morgan fingerprint density at radius 3 is 2.76 bits per heavy atom. The van der Waals surface area contributed by atoms with E-state index in [4.69, 9.17) is 10.00 Å². The summed E-state index contributed by atoms with van der Waals surface area (Å²) in [6, 6.07) is 3.99. The minimum Gasteiger partial charge on any atom is -0.444 e. The first-order valence-corrected chi connectivity index (χ1v) is 7.59. The molecule has 0 aliphatic carbocycles. The van der Waals surface area contributed by atoms with E-state index in [2.05, 4.69) is 16.7 Å². The van der Waals surface area contributed by atoms with Crippen LogP contribution in [0.15, 0.2) is 23.6 Å². The van der Waals surface area contributed by atoms with Crippen LogP contribution < -0.4 is 10.6 Å². The van der Waals surface area contributed by atoms with Crippen LogP contribution in [0.4, 0.5) is 4.79 Å². The summed E-state index contributed by atoms with van der Waals surface area (Å²) < 4.78 is 5.11. The average Bonchev–Trinajstić information content (AvgIpc) is 2.83. The summed E-state index contributed by atoms with van der Waals surface area (Å²) in [7, 11) is 0. The zero-order chi connectivity index (χ0) is 15.7. The summed E-state index contributed by atoms with van der Waals surface area (Å²) in [6.45, 7) is 7.36. The number of nitrogens with one attached hydrogen (secondary N) is 2. The van der Waals surface area contributed by atoms with Crippen molar-refractivity contribution in [3.63, 3.8) is 0 Å². The second kappa shape index (κ2) is 8.45. The maximum Gasteiger partial charge on any atom is 0.407 e. The van der Waals surface area contributed by atoms with E-state index in [1.165, 1.54) is 0 Å². The second-order valence-electron chi connectivity index (χ2n) is 5.40. The number of thiophene rings is 1. The number of amides is 1. The molecule has 0 saturated heterocycles. The molecule has 5 nitrogen and oxygen atoms in total. The number of carbonyl (C=O) groups excluding carboxylic acids is 1.